The molecule has 2 aliphatic heterocycles. The average Bonchev–Trinajstić information content (AvgIpc) is 3.57. The van der Waals surface area contributed by atoms with Gasteiger partial charge in [0.05, 0.1) is 22.8 Å². The second-order valence-electron chi connectivity index (χ2n) is 9.93. The van der Waals surface area contributed by atoms with Gasteiger partial charge in [0, 0.05) is 0 Å². The summed E-state index contributed by atoms with van der Waals surface area (Å²) in [6, 6.07) is 8.72. The van der Waals surface area contributed by atoms with Crippen LogP contribution in [-0.4, -0.2) is 9.97 Å². The molecule has 3 aromatic rings. The van der Waals surface area contributed by atoms with Crippen molar-refractivity contribution >= 4 is 44.4 Å². The Labute approximate surface area is 235 Å². The molecule has 0 amide bonds. The minimum atomic E-state index is 0.934. The van der Waals surface area contributed by atoms with Crippen LogP contribution in [0.3, 0.4) is 0 Å². The second-order valence-corrected chi connectivity index (χ2v) is 9.93. The van der Waals surface area contributed by atoms with Crippen LogP contribution in [0.5, 0.6) is 0 Å². The van der Waals surface area contributed by atoms with Gasteiger partial charge in [0.25, 0.3) is 0 Å². The van der Waals surface area contributed by atoms with Crippen LogP contribution in [0.2, 0.25) is 0 Å². The molecule has 6 heteroatoms. The van der Waals surface area contributed by atoms with E-state index >= 15 is 0 Å². The first-order valence-corrected chi connectivity index (χ1v) is 14.1. The van der Waals surface area contributed by atoms with E-state index in [0.717, 1.165) is 87.9 Å². The summed E-state index contributed by atoms with van der Waals surface area (Å²) >= 11 is 1.06. The average molecular weight is 544 g/mol. The molecule has 5 rings (SSSR count). The molecular formula is C32H36N4OV. The number of fused-ring (bicyclic) bond motifs is 8. The molecule has 0 aliphatic carbocycles. The predicted molar refractivity (Wildman–Crippen MR) is 153 cm³/mol. The van der Waals surface area contributed by atoms with Crippen LogP contribution >= 0.6 is 0 Å². The standard InChI is InChI=1S/C32H36N4.O.V/c1-9-21-17(5)25-13-26-18(6)23(11-3)31(34-26)16-32-24(12-4)20(8)28(36-32)15-30-22(10-2)19(7)27(35-30)14-29(21)33-25;;/h13-16H,9-12H2,1-8H3;;/q-2;;+2. The van der Waals surface area contributed by atoms with E-state index in [4.69, 9.17) is 23.6 Å². The van der Waals surface area contributed by atoms with Gasteiger partial charge in [-0.2, -0.15) is 0 Å². The Balaban J connectivity index is 0.00000164. The van der Waals surface area contributed by atoms with Crippen molar-refractivity contribution in [2.24, 2.45) is 0 Å². The summed E-state index contributed by atoms with van der Waals surface area (Å²) in [4.78, 5) is 20.4. The fraction of sp³-hybridized carbons (Fsp3) is 0.375. The third-order valence-corrected chi connectivity index (χ3v) is 8.06. The second kappa shape index (κ2) is 11.4. The van der Waals surface area contributed by atoms with E-state index in [2.05, 4.69) is 79.7 Å². The van der Waals surface area contributed by atoms with Crippen molar-refractivity contribution in [3.8, 4) is 0 Å². The topological polar surface area (TPSA) is 71.1 Å². The fourth-order valence-electron chi connectivity index (χ4n) is 5.85. The molecule has 0 saturated carbocycles. The van der Waals surface area contributed by atoms with Crippen molar-refractivity contribution in [3.63, 3.8) is 0 Å². The Morgan fingerprint density at radius 2 is 0.895 bits per heavy atom. The molecule has 0 N–H and O–H groups in total. The Morgan fingerprint density at radius 3 is 1.26 bits per heavy atom. The summed E-state index contributed by atoms with van der Waals surface area (Å²) < 4.78 is 8.19. The Morgan fingerprint density at radius 1 is 0.553 bits per heavy atom. The van der Waals surface area contributed by atoms with Crippen molar-refractivity contribution in [1.29, 1.82) is 0 Å². The zero-order valence-electron chi connectivity index (χ0n) is 23.8. The first-order valence-electron chi connectivity index (χ1n) is 13.5. The van der Waals surface area contributed by atoms with Gasteiger partial charge in [-0.05, 0) is 75.7 Å². The molecule has 195 valence electrons. The van der Waals surface area contributed by atoms with E-state index < -0.39 is 0 Å². The fourth-order valence-corrected chi connectivity index (χ4v) is 5.85. The number of hydrogen-bond donors (Lipinski definition) is 0. The molecule has 5 nitrogen and oxygen atoms in total. The summed E-state index contributed by atoms with van der Waals surface area (Å²) in [7, 11) is 0. The van der Waals surface area contributed by atoms with Gasteiger partial charge in [0.1, 0.15) is 0 Å². The Bertz CT molecular complexity index is 1630. The van der Waals surface area contributed by atoms with Gasteiger partial charge in [-0.3, -0.25) is 0 Å². The van der Waals surface area contributed by atoms with Crippen LogP contribution in [0.15, 0.2) is 24.3 Å². The van der Waals surface area contributed by atoms with Gasteiger partial charge < -0.3 is 9.97 Å². The number of allylic oxidation sites excluding steroid dienone is 4. The molecule has 0 aromatic carbocycles. The van der Waals surface area contributed by atoms with Crippen molar-refractivity contribution in [2.75, 3.05) is 0 Å². The van der Waals surface area contributed by atoms with Crippen LogP contribution in [0.25, 0.3) is 44.4 Å². The maximum atomic E-state index is 8.19. The number of rotatable bonds is 4. The molecule has 0 fully saturated rings. The number of hydrogen-bond acceptors (Lipinski definition) is 3. The summed E-state index contributed by atoms with van der Waals surface area (Å²) in [5.41, 5.74) is 18.2. The first kappa shape index (κ1) is 28.0. The summed E-state index contributed by atoms with van der Waals surface area (Å²) in [6.07, 6.45) is 3.74. The van der Waals surface area contributed by atoms with Crippen LogP contribution in [0.4, 0.5) is 0 Å². The quantitative estimate of drug-likeness (QED) is 0.335. The van der Waals surface area contributed by atoms with E-state index in [0.29, 0.717) is 0 Å². The van der Waals surface area contributed by atoms with Crippen LogP contribution in [0.1, 0.15) is 99.4 Å². The molecule has 8 bridgehead atoms. The molecule has 38 heavy (non-hydrogen) atoms. The number of nitrogens with zero attached hydrogens (tertiary/aromatic N) is 4. The molecule has 0 radical (unpaired) electrons. The van der Waals surface area contributed by atoms with Crippen molar-refractivity contribution in [1.82, 2.24) is 19.9 Å². The maximum absolute atomic E-state index is 8.19. The van der Waals surface area contributed by atoms with Gasteiger partial charge in [0.2, 0.25) is 0 Å². The minimum absolute atomic E-state index is 0.934. The molecule has 0 atom stereocenters. The zero-order valence-corrected chi connectivity index (χ0v) is 25.2. The van der Waals surface area contributed by atoms with E-state index in [9.17, 15) is 0 Å². The molecule has 3 aromatic heterocycles. The Kier molecular flexibility index (Phi) is 8.39. The molecule has 0 saturated heterocycles. The van der Waals surface area contributed by atoms with Crippen LogP contribution in [0, 0.1) is 13.8 Å². The van der Waals surface area contributed by atoms with Gasteiger partial charge in [-0.1, -0.05) is 74.2 Å². The number of aryl methyl sites for hydroxylation is 4. The molecule has 5 heterocycles. The van der Waals surface area contributed by atoms with Crippen molar-refractivity contribution in [3.05, 3.63) is 69.3 Å². The Hall–Kier alpha value is -3.02. The van der Waals surface area contributed by atoms with Gasteiger partial charge in [-0.15, -0.1) is 22.1 Å². The summed E-state index contributed by atoms with van der Waals surface area (Å²) in [6.45, 7) is 17.6. The van der Waals surface area contributed by atoms with Crippen LogP contribution in [-0.2, 0) is 33.9 Å². The molecule has 0 unspecified atom stereocenters. The van der Waals surface area contributed by atoms with E-state index in [1.54, 1.807) is 0 Å². The monoisotopic (exact) mass is 543 g/mol. The van der Waals surface area contributed by atoms with Crippen molar-refractivity contribution < 1.29 is 21.0 Å². The summed E-state index contributed by atoms with van der Waals surface area (Å²) in [5.74, 6) is 0. The van der Waals surface area contributed by atoms with Crippen LogP contribution < -0.4 is 9.97 Å². The third kappa shape index (κ3) is 4.67. The normalized spacial score (nSPS) is 13.2. The van der Waals surface area contributed by atoms with Gasteiger partial charge in [0.15, 0.2) is 0 Å². The summed E-state index contributed by atoms with van der Waals surface area (Å²) in [5, 5.41) is 0. The first-order chi connectivity index (χ1) is 18.3. The van der Waals surface area contributed by atoms with Crippen molar-refractivity contribution in [2.45, 2.75) is 81.1 Å². The predicted octanol–water partition coefficient (Wildman–Crippen LogP) is 7.87. The van der Waals surface area contributed by atoms with Gasteiger partial charge in [-0.25, -0.2) is 9.97 Å². The number of aromatic nitrogens is 4. The SMILES string of the molecule is CCC1=C(C)c2cc3[n-]c(cc4nc(cc5[n-]c(cc1n2)c(C)c5CC)C(CC)=C4C)c(C)c3CC.[O]=[V+2]. The van der Waals surface area contributed by atoms with Gasteiger partial charge >= 0.3 is 21.0 Å². The third-order valence-electron chi connectivity index (χ3n) is 8.06. The van der Waals surface area contributed by atoms with E-state index in [1.165, 1.54) is 44.5 Å². The molecule has 0 spiro atoms. The van der Waals surface area contributed by atoms with E-state index in [1.807, 2.05) is 0 Å². The molecular weight excluding hydrogens is 507 g/mol. The molecule has 2 aliphatic rings. The van der Waals surface area contributed by atoms with E-state index in [-0.39, 0.29) is 0 Å². The zero-order chi connectivity index (χ0) is 27.7.